The number of benzene rings is 1. The van der Waals surface area contributed by atoms with Crippen LogP contribution < -0.4 is 10.7 Å². The van der Waals surface area contributed by atoms with Gasteiger partial charge in [0.05, 0.1) is 50.1 Å². The number of phenols is 1. The number of cyclic esters (lactones) is 1. The van der Waals surface area contributed by atoms with E-state index in [-0.39, 0.29) is 79.7 Å². The van der Waals surface area contributed by atoms with E-state index < -0.39 is 47.2 Å². The Morgan fingerprint density at radius 1 is 1.08 bits per heavy atom. The highest BCUT2D eigenvalue weighted by molar-refractivity contribution is 5.95. The molecule has 75 heavy (non-hydrogen) atoms. The maximum absolute atomic E-state index is 14.9. The standard InChI is InChI=1S/C58H78N8O9/c1-11-64-49-19-18-40-29-45(49)46(53(64)44-15-12-21-59-51(44)38(6)73-10)30-58(7,8)34-75-57(72)47-16-13-23-66(61-47)56(71)48(27-39-25-42(40)28-43(67)26-39)60-54(69)52(35(2)3)62(9)55(70)41-20-24-63(31-41)50(68)17-14-22-65-36(4)32-74-33-37(65)5/h12,15,18-19,21,25-26,28-29,35-38,41,45,47-49,52,61,67H,11,13,16,20,22-24,27,30-34H2,1-10H3,(H,60,69)/t36-,37-,38-,41-,45?,47-,48-,49?,52-/m0/s1. The maximum Gasteiger partial charge on any atom is 0.324 e. The highest BCUT2D eigenvalue weighted by Crippen LogP contribution is 2.49. The number of hydrogen-bond acceptors (Lipinski definition) is 13. The van der Waals surface area contributed by atoms with Gasteiger partial charge in [0.15, 0.2) is 0 Å². The monoisotopic (exact) mass is 1030 g/mol. The Kier molecular flexibility index (Phi) is 17.3. The Hall–Kier alpha value is -6.06. The molecule has 2 aromatic rings. The number of aromatic hydroxyl groups is 1. The molecule has 1 aromatic carbocycles. The lowest BCUT2D eigenvalue weighted by Gasteiger charge is -2.37. The van der Waals surface area contributed by atoms with Crippen LogP contribution in [0.2, 0.25) is 0 Å². The second-order valence-electron chi connectivity index (χ2n) is 22.5. The van der Waals surface area contributed by atoms with E-state index in [1.165, 1.54) is 15.5 Å². The number of esters is 1. The second kappa shape index (κ2) is 23.5. The number of hydrogen-bond donors (Lipinski definition) is 3. The quantitative estimate of drug-likeness (QED) is 0.211. The van der Waals surface area contributed by atoms with Gasteiger partial charge in [0, 0.05) is 87.6 Å². The molecule has 1 aromatic heterocycles. The van der Waals surface area contributed by atoms with Gasteiger partial charge < -0.3 is 39.3 Å². The lowest BCUT2D eigenvalue weighted by molar-refractivity contribution is -0.155. The smallest absolute Gasteiger partial charge is 0.324 e. The van der Waals surface area contributed by atoms with E-state index in [0.717, 1.165) is 28.1 Å². The van der Waals surface area contributed by atoms with Gasteiger partial charge in [-0.1, -0.05) is 57.9 Å². The van der Waals surface area contributed by atoms with Gasteiger partial charge >= 0.3 is 5.97 Å². The first kappa shape index (κ1) is 55.2. The van der Waals surface area contributed by atoms with Crippen molar-refractivity contribution in [2.75, 3.05) is 66.7 Å². The summed E-state index contributed by atoms with van der Waals surface area (Å²) in [5, 5.41) is 15.9. The molecular formula is C58H78N8O9. The Labute approximate surface area is 443 Å². The van der Waals surface area contributed by atoms with Crippen LogP contribution >= 0.6 is 0 Å². The van der Waals surface area contributed by atoms with Crippen molar-refractivity contribution in [2.24, 2.45) is 23.2 Å². The van der Waals surface area contributed by atoms with Crippen molar-refractivity contribution in [2.45, 2.75) is 130 Å². The minimum absolute atomic E-state index is 0.000680. The number of fused-ring (bicyclic) bond motifs is 5. The summed E-state index contributed by atoms with van der Waals surface area (Å²) in [6.45, 7) is 19.5. The second-order valence-corrected chi connectivity index (χ2v) is 22.5. The fourth-order valence-electron chi connectivity index (χ4n) is 11.9. The molecule has 6 heterocycles. The number of allylic oxidation sites excluding steroid dienone is 2. The first-order valence-corrected chi connectivity index (χ1v) is 26.9. The highest BCUT2D eigenvalue weighted by atomic mass is 16.5. The van der Waals surface area contributed by atoms with Crippen LogP contribution in [0.5, 0.6) is 5.75 Å². The molecule has 8 rings (SSSR count). The molecule has 2 unspecified atom stereocenters. The number of aromatic nitrogens is 1. The van der Waals surface area contributed by atoms with Crippen molar-refractivity contribution < 1.29 is 43.3 Å². The minimum Gasteiger partial charge on any atom is -0.508 e. The van der Waals surface area contributed by atoms with Crippen molar-refractivity contribution >= 4 is 40.9 Å². The van der Waals surface area contributed by atoms with Crippen LogP contribution in [0.3, 0.4) is 0 Å². The number of nitrogens with one attached hydrogen (secondary N) is 2. The molecule has 4 amide bonds. The molecule has 6 aliphatic rings. The summed E-state index contributed by atoms with van der Waals surface area (Å²) in [7, 11) is 3.28. The van der Waals surface area contributed by atoms with Crippen LogP contribution in [-0.2, 0) is 44.6 Å². The average Bonchev–Trinajstić information content (AvgIpc) is 4.00. The van der Waals surface area contributed by atoms with E-state index in [1.807, 2.05) is 32.9 Å². The number of phenolic OH excluding ortho intramolecular Hbond substituents is 1. The summed E-state index contributed by atoms with van der Waals surface area (Å²) in [5.74, 6) is 2.71. The Bertz CT molecular complexity index is 2640. The predicted octanol–water partition coefficient (Wildman–Crippen LogP) is 5.12. The lowest BCUT2D eigenvalue weighted by Crippen LogP contribution is -2.62. The zero-order valence-electron chi connectivity index (χ0n) is 45.6. The number of ether oxygens (including phenoxy) is 3. The molecule has 0 saturated carbocycles. The molecule has 5 aliphatic heterocycles. The van der Waals surface area contributed by atoms with Gasteiger partial charge in [-0.2, -0.15) is 0 Å². The number of likely N-dealkylation sites (N-methyl/N-ethyl adjacent to an activating group) is 2. The number of carbonyl (C=O) groups is 5. The Balaban J connectivity index is 1.08. The summed E-state index contributed by atoms with van der Waals surface area (Å²) < 4.78 is 17.6. The number of amides is 4. The van der Waals surface area contributed by atoms with Crippen molar-refractivity contribution in [1.82, 2.24) is 40.3 Å². The topological polar surface area (TPSA) is 186 Å². The molecule has 17 heteroatoms. The fraction of sp³-hybridized carbons (Fsp3) is 0.586. The van der Waals surface area contributed by atoms with Crippen molar-refractivity contribution in [3.05, 3.63) is 82.7 Å². The molecule has 9 atom stereocenters. The first-order chi connectivity index (χ1) is 35.8. The van der Waals surface area contributed by atoms with E-state index in [4.69, 9.17) is 19.2 Å². The normalized spacial score (nSPS) is 26.9. The van der Waals surface area contributed by atoms with Gasteiger partial charge in [-0.25, -0.2) is 5.43 Å². The summed E-state index contributed by atoms with van der Waals surface area (Å²) in [6.07, 6.45) is 10.0. The van der Waals surface area contributed by atoms with E-state index in [2.05, 4.69) is 91.3 Å². The van der Waals surface area contributed by atoms with E-state index >= 15 is 0 Å². The summed E-state index contributed by atoms with van der Waals surface area (Å²) in [5.41, 5.74) is 8.92. The number of likely N-dealkylation sites (tertiary alicyclic amines) is 1. The molecule has 3 saturated heterocycles. The highest BCUT2D eigenvalue weighted by Gasteiger charge is 2.44. The van der Waals surface area contributed by atoms with Crippen LogP contribution in [0.15, 0.2) is 60.3 Å². The molecular weight excluding hydrogens is 953 g/mol. The predicted molar refractivity (Wildman–Crippen MR) is 285 cm³/mol. The average molecular weight is 1030 g/mol. The molecule has 17 nitrogen and oxygen atoms in total. The third-order valence-electron chi connectivity index (χ3n) is 15.9. The van der Waals surface area contributed by atoms with Gasteiger partial charge in [-0.15, -0.1) is 0 Å². The SMILES string of the molecule is CCN1C(c2cccnc2[C@H](C)OC)=C2CC(C)(C)COC(=O)[C@@H]3CCCN(N3)C(=O)[C@@H](NC(=O)[C@H](C(C)C)N(C)C(=O)[C@H]3CCN(C(=O)C#CCN4[C@@H](C)COC[C@@H]4C)C3)Cc3cc(O)cc(c3)C3=CC2C1C=C3. The van der Waals surface area contributed by atoms with Gasteiger partial charge in [-0.3, -0.25) is 38.9 Å². The van der Waals surface area contributed by atoms with Gasteiger partial charge in [-0.05, 0) is 112 Å². The van der Waals surface area contributed by atoms with Gasteiger partial charge in [0.1, 0.15) is 23.9 Å². The first-order valence-electron chi connectivity index (χ1n) is 26.9. The van der Waals surface area contributed by atoms with Crippen LogP contribution in [-0.4, -0.2) is 167 Å². The third-order valence-corrected chi connectivity index (χ3v) is 15.9. The number of morpholine rings is 1. The molecule has 6 bridgehead atoms. The molecule has 0 spiro atoms. The fourth-order valence-corrected chi connectivity index (χ4v) is 11.9. The van der Waals surface area contributed by atoms with Crippen molar-refractivity contribution in [1.29, 1.82) is 0 Å². The molecule has 3 fully saturated rings. The number of rotatable bonds is 10. The number of hydrazine groups is 1. The number of carbonyl (C=O) groups excluding carboxylic acids is 5. The summed E-state index contributed by atoms with van der Waals surface area (Å²) >= 11 is 0. The van der Waals surface area contributed by atoms with Gasteiger partial charge in [0.2, 0.25) is 11.8 Å². The maximum atomic E-state index is 14.9. The minimum atomic E-state index is -1.17. The van der Waals surface area contributed by atoms with E-state index in [1.54, 1.807) is 37.4 Å². The Morgan fingerprint density at radius 2 is 1.84 bits per heavy atom. The van der Waals surface area contributed by atoms with Crippen LogP contribution in [0.25, 0.3) is 11.3 Å². The number of methoxy groups -OCH3 is 1. The van der Waals surface area contributed by atoms with Crippen molar-refractivity contribution in [3.8, 4) is 17.6 Å². The van der Waals surface area contributed by atoms with Crippen LogP contribution in [0.4, 0.5) is 0 Å². The van der Waals surface area contributed by atoms with Crippen LogP contribution in [0.1, 0.15) is 110 Å². The van der Waals surface area contributed by atoms with E-state index in [9.17, 15) is 29.1 Å². The zero-order chi connectivity index (χ0) is 53.9. The lowest BCUT2D eigenvalue weighted by atomic mass is 9.77. The van der Waals surface area contributed by atoms with Crippen molar-refractivity contribution in [3.63, 3.8) is 0 Å². The third kappa shape index (κ3) is 12.1. The van der Waals surface area contributed by atoms with E-state index in [0.29, 0.717) is 64.1 Å². The molecule has 1 aliphatic carbocycles. The molecule has 404 valence electrons. The zero-order valence-corrected chi connectivity index (χ0v) is 45.6. The number of pyridine rings is 1. The summed E-state index contributed by atoms with van der Waals surface area (Å²) in [4.78, 5) is 83.7. The number of nitrogens with zero attached hydrogens (tertiary/aromatic N) is 6. The Morgan fingerprint density at radius 3 is 2.56 bits per heavy atom. The largest absolute Gasteiger partial charge is 0.508 e. The molecule has 0 radical (unpaired) electrons. The van der Waals surface area contributed by atoms with Crippen LogP contribution in [0, 0.1) is 35.0 Å². The molecule has 3 N–H and O–H groups in total. The summed E-state index contributed by atoms with van der Waals surface area (Å²) in [6, 6.07) is 6.70. The van der Waals surface area contributed by atoms with Gasteiger partial charge in [0.25, 0.3) is 11.8 Å².